The van der Waals surface area contributed by atoms with Gasteiger partial charge < -0.3 is 4.74 Å². The van der Waals surface area contributed by atoms with Crippen LogP contribution in [0, 0.1) is 11.3 Å². The van der Waals surface area contributed by atoms with Crippen LogP contribution in [0.4, 0.5) is 0 Å². The molecule has 0 bridgehead atoms. The van der Waals surface area contributed by atoms with E-state index in [1.54, 1.807) is 0 Å². The third-order valence-electron chi connectivity index (χ3n) is 2.77. The molecule has 90 valence electrons. The maximum Gasteiger partial charge on any atom is 0.0994 e. The van der Waals surface area contributed by atoms with Gasteiger partial charge in [-0.05, 0) is 23.6 Å². The van der Waals surface area contributed by atoms with E-state index >= 15 is 0 Å². The van der Waals surface area contributed by atoms with Gasteiger partial charge in [0.05, 0.1) is 24.8 Å². The van der Waals surface area contributed by atoms with Crippen molar-refractivity contribution in [1.29, 1.82) is 5.26 Å². The monoisotopic (exact) mass is 237 g/mol. The Morgan fingerprint density at radius 3 is 2.44 bits per heavy atom. The molecule has 0 heterocycles. The largest absolute Gasteiger partial charge is 0.376 e. The Hall–Kier alpha value is -2.11. The second-order valence-corrected chi connectivity index (χ2v) is 4.06. The van der Waals surface area contributed by atoms with Gasteiger partial charge in [-0.1, -0.05) is 48.5 Å². The van der Waals surface area contributed by atoms with Gasteiger partial charge in [-0.15, -0.1) is 0 Å². The van der Waals surface area contributed by atoms with Gasteiger partial charge in [0, 0.05) is 0 Å². The smallest absolute Gasteiger partial charge is 0.0994 e. The molecule has 2 rings (SSSR count). The summed E-state index contributed by atoms with van der Waals surface area (Å²) in [6.07, 6.45) is 0.774. The first kappa shape index (κ1) is 12.3. The van der Waals surface area contributed by atoms with Crippen LogP contribution in [-0.4, -0.2) is 6.61 Å². The Bertz CT molecular complexity index is 528. The highest BCUT2D eigenvalue weighted by Crippen LogP contribution is 2.08. The summed E-state index contributed by atoms with van der Waals surface area (Å²) in [4.78, 5) is 0. The number of ether oxygens (including phenoxy) is 1. The Morgan fingerprint density at radius 2 is 1.67 bits per heavy atom. The molecule has 0 aliphatic heterocycles. The SMILES string of the molecule is N#Cc1ccccc1CCOCc1ccccc1. The minimum Gasteiger partial charge on any atom is -0.376 e. The third-order valence-corrected chi connectivity index (χ3v) is 2.77. The van der Waals surface area contributed by atoms with Crippen LogP contribution in [0.15, 0.2) is 54.6 Å². The van der Waals surface area contributed by atoms with E-state index in [1.165, 1.54) is 5.56 Å². The summed E-state index contributed by atoms with van der Waals surface area (Å²) < 4.78 is 5.61. The van der Waals surface area contributed by atoms with Crippen LogP contribution in [0.1, 0.15) is 16.7 Å². The number of nitriles is 1. The second kappa shape index (κ2) is 6.58. The van der Waals surface area contributed by atoms with Crippen LogP contribution >= 0.6 is 0 Å². The van der Waals surface area contributed by atoms with Crippen LogP contribution in [-0.2, 0) is 17.8 Å². The summed E-state index contributed by atoms with van der Waals surface area (Å²) >= 11 is 0. The summed E-state index contributed by atoms with van der Waals surface area (Å²) in [5.41, 5.74) is 2.96. The van der Waals surface area contributed by atoms with Crippen molar-refractivity contribution in [3.05, 3.63) is 71.3 Å². The first-order chi connectivity index (χ1) is 8.90. The molecule has 0 fully saturated rings. The molecule has 2 aromatic rings. The molecule has 0 amide bonds. The summed E-state index contributed by atoms with van der Waals surface area (Å²) in [6, 6.07) is 19.9. The van der Waals surface area contributed by atoms with E-state index in [-0.39, 0.29) is 0 Å². The molecule has 18 heavy (non-hydrogen) atoms. The van der Waals surface area contributed by atoms with Crippen molar-refractivity contribution in [2.24, 2.45) is 0 Å². The molecular formula is C16H15NO. The van der Waals surface area contributed by atoms with Crippen molar-refractivity contribution in [2.45, 2.75) is 13.0 Å². The molecule has 0 spiro atoms. The van der Waals surface area contributed by atoms with E-state index in [9.17, 15) is 0 Å². The predicted molar refractivity (Wildman–Crippen MR) is 71.0 cm³/mol. The molecule has 2 nitrogen and oxygen atoms in total. The Balaban J connectivity index is 1.81. The van der Waals surface area contributed by atoms with E-state index < -0.39 is 0 Å². The fraction of sp³-hybridized carbons (Fsp3) is 0.188. The van der Waals surface area contributed by atoms with E-state index in [4.69, 9.17) is 10.00 Å². The van der Waals surface area contributed by atoms with Gasteiger partial charge in [-0.2, -0.15) is 5.26 Å². The average molecular weight is 237 g/mol. The van der Waals surface area contributed by atoms with Gasteiger partial charge in [0.2, 0.25) is 0 Å². The standard InChI is InChI=1S/C16H15NO/c17-12-16-9-5-4-8-15(16)10-11-18-13-14-6-2-1-3-7-14/h1-9H,10-11,13H2. The highest BCUT2D eigenvalue weighted by Gasteiger charge is 2.00. The molecule has 0 aromatic heterocycles. The zero-order chi connectivity index (χ0) is 12.6. The van der Waals surface area contributed by atoms with Gasteiger partial charge in [-0.3, -0.25) is 0 Å². The first-order valence-corrected chi connectivity index (χ1v) is 6.00. The van der Waals surface area contributed by atoms with Gasteiger partial charge >= 0.3 is 0 Å². The molecule has 0 saturated heterocycles. The zero-order valence-electron chi connectivity index (χ0n) is 10.2. The molecule has 0 N–H and O–H groups in total. The normalized spacial score (nSPS) is 9.94. The molecule has 0 unspecified atom stereocenters. The van der Waals surface area contributed by atoms with Crippen molar-refractivity contribution < 1.29 is 4.74 Å². The number of benzene rings is 2. The second-order valence-electron chi connectivity index (χ2n) is 4.06. The summed E-state index contributed by atoms with van der Waals surface area (Å²) in [5, 5.41) is 8.96. The molecule has 0 atom stereocenters. The fourth-order valence-corrected chi connectivity index (χ4v) is 1.79. The van der Waals surface area contributed by atoms with Crippen LogP contribution in [0.25, 0.3) is 0 Å². The van der Waals surface area contributed by atoms with Crippen molar-refractivity contribution in [3.63, 3.8) is 0 Å². The van der Waals surface area contributed by atoms with Crippen LogP contribution in [0.5, 0.6) is 0 Å². The van der Waals surface area contributed by atoms with Gasteiger partial charge in [0.25, 0.3) is 0 Å². The average Bonchev–Trinajstić information content (AvgIpc) is 2.45. The van der Waals surface area contributed by atoms with Crippen molar-refractivity contribution in [2.75, 3.05) is 6.61 Å². The number of nitrogens with zero attached hydrogens (tertiary/aromatic N) is 1. The maximum atomic E-state index is 8.96. The quantitative estimate of drug-likeness (QED) is 0.747. The lowest BCUT2D eigenvalue weighted by molar-refractivity contribution is 0.124. The molecule has 0 aliphatic carbocycles. The van der Waals surface area contributed by atoms with E-state index in [0.29, 0.717) is 13.2 Å². The van der Waals surface area contributed by atoms with Gasteiger partial charge in [0.1, 0.15) is 0 Å². The highest BCUT2D eigenvalue weighted by molar-refractivity contribution is 5.37. The molecule has 0 radical (unpaired) electrons. The van der Waals surface area contributed by atoms with Crippen molar-refractivity contribution >= 4 is 0 Å². The maximum absolute atomic E-state index is 8.96. The van der Waals surface area contributed by atoms with E-state index in [0.717, 1.165) is 17.5 Å². The van der Waals surface area contributed by atoms with Crippen LogP contribution < -0.4 is 0 Å². The number of hydrogen-bond donors (Lipinski definition) is 0. The lowest BCUT2D eigenvalue weighted by Crippen LogP contribution is -2.00. The fourth-order valence-electron chi connectivity index (χ4n) is 1.79. The Morgan fingerprint density at radius 1 is 0.944 bits per heavy atom. The summed E-state index contributed by atoms with van der Waals surface area (Å²) in [6.45, 7) is 1.25. The zero-order valence-corrected chi connectivity index (χ0v) is 10.2. The lowest BCUT2D eigenvalue weighted by Gasteiger charge is -2.05. The Kier molecular flexibility index (Phi) is 4.52. The molecule has 2 aromatic carbocycles. The lowest BCUT2D eigenvalue weighted by atomic mass is 10.1. The molecule has 2 heteroatoms. The third kappa shape index (κ3) is 3.44. The minimum absolute atomic E-state index is 0.621. The summed E-state index contributed by atoms with van der Waals surface area (Å²) in [5.74, 6) is 0. The molecular weight excluding hydrogens is 222 g/mol. The molecule has 0 saturated carbocycles. The van der Waals surface area contributed by atoms with Crippen molar-refractivity contribution in [3.8, 4) is 6.07 Å². The van der Waals surface area contributed by atoms with Crippen LogP contribution in [0.3, 0.4) is 0 Å². The first-order valence-electron chi connectivity index (χ1n) is 6.00. The van der Waals surface area contributed by atoms with Crippen LogP contribution in [0.2, 0.25) is 0 Å². The van der Waals surface area contributed by atoms with Gasteiger partial charge in [0.15, 0.2) is 0 Å². The van der Waals surface area contributed by atoms with Gasteiger partial charge in [-0.25, -0.2) is 0 Å². The van der Waals surface area contributed by atoms with Crippen molar-refractivity contribution in [1.82, 2.24) is 0 Å². The number of rotatable bonds is 5. The minimum atomic E-state index is 0.621. The highest BCUT2D eigenvalue weighted by atomic mass is 16.5. The predicted octanol–water partition coefficient (Wildman–Crippen LogP) is 3.32. The van der Waals surface area contributed by atoms with E-state index in [2.05, 4.69) is 6.07 Å². The Labute approximate surface area is 107 Å². The number of hydrogen-bond acceptors (Lipinski definition) is 2. The topological polar surface area (TPSA) is 33.0 Å². The molecule has 0 aliphatic rings. The van der Waals surface area contributed by atoms with E-state index in [1.807, 2.05) is 54.6 Å². The summed E-state index contributed by atoms with van der Waals surface area (Å²) in [7, 11) is 0.